The molecule has 7 heteroatoms. The molecule has 0 aliphatic rings. The monoisotopic (exact) mass is 487 g/mol. The Bertz CT molecular complexity index is 1440. The fourth-order valence-electron chi connectivity index (χ4n) is 3.69. The molecule has 176 valence electrons. The van der Waals surface area contributed by atoms with Gasteiger partial charge in [-0.3, -0.25) is 9.59 Å². The summed E-state index contributed by atoms with van der Waals surface area (Å²) < 4.78 is 15.0. The first-order valence-electron chi connectivity index (χ1n) is 10.9. The molecule has 4 aromatic rings. The molecule has 35 heavy (non-hydrogen) atoms. The summed E-state index contributed by atoms with van der Waals surface area (Å²) >= 11 is 5.86. The van der Waals surface area contributed by atoms with Crippen molar-refractivity contribution in [3.8, 4) is 11.1 Å². The van der Waals surface area contributed by atoms with Crippen molar-refractivity contribution in [2.24, 2.45) is 0 Å². The topological polar surface area (TPSA) is 71.1 Å². The van der Waals surface area contributed by atoms with E-state index in [-0.39, 0.29) is 16.8 Å². The molecule has 0 saturated carbocycles. The summed E-state index contributed by atoms with van der Waals surface area (Å²) in [6.45, 7) is 5.67. The van der Waals surface area contributed by atoms with Crippen LogP contribution in [0.15, 0.2) is 72.9 Å². The summed E-state index contributed by atoms with van der Waals surface area (Å²) in [5.41, 5.74) is 4.70. The maximum absolute atomic E-state index is 15.0. The molecule has 4 rings (SSSR count). The average Bonchev–Trinajstić information content (AvgIpc) is 2.82. The normalized spacial score (nSPS) is 10.7. The van der Waals surface area contributed by atoms with E-state index in [4.69, 9.17) is 11.6 Å². The fraction of sp³-hybridized carbons (Fsp3) is 0.107. The maximum Gasteiger partial charge on any atom is 0.258 e. The van der Waals surface area contributed by atoms with Crippen molar-refractivity contribution in [3.05, 3.63) is 112 Å². The van der Waals surface area contributed by atoms with E-state index < -0.39 is 17.6 Å². The quantitative estimate of drug-likeness (QED) is 0.319. The standard InChI is InChI=1S/C28H23ClFN3O2/c1-16-6-4-5-7-21(16)19-8-10-22(24(30)14-19)27(34)32-25-13-18(3)17(2)12-23(25)28(35)33-26-11-9-20(29)15-31-26/h4-15H,1-3H3,(H,32,34)(H,31,33,35). The first kappa shape index (κ1) is 24.1. The van der Waals surface area contributed by atoms with Crippen molar-refractivity contribution in [2.45, 2.75) is 20.8 Å². The summed E-state index contributed by atoms with van der Waals surface area (Å²) in [7, 11) is 0. The highest BCUT2D eigenvalue weighted by atomic mass is 35.5. The number of pyridine rings is 1. The minimum Gasteiger partial charge on any atom is -0.321 e. The van der Waals surface area contributed by atoms with Gasteiger partial charge in [-0.15, -0.1) is 0 Å². The van der Waals surface area contributed by atoms with E-state index in [1.54, 1.807) is 30.3 Å². The zero-order chi connectivity index (χ0) is 25.1. The predicted octanol–water partition coefficient (Wildman–Crippen LogP) is 6.97. The van der Waals surface area contributed by atoms with Gasteiger partial charge in [0, 0.05) is 6.20 Å². The van der Waals surface area contributed by atoms with Crippen LogP contribution in [0.4, 0.5) is 15.9 Å². The average molecular weight is 488 g/mol. The van der Waals surface area contributed by atoms with Crippen molar-refractivity contribution in [2.75, 3.05) is 10.6 Å². The molecule has 2 amide bonds. The van der Waals surface area contributed by atoms with Crippen LogP contribution in [0.1, 0.15) is 37.4 Å². The number of benzene rings is 3. The summed E-state index contributed by atoms with van der Waals surface area (Å²) in [4.78, 5) is 30.1. The van der Waals surface area contributed by atoms with Crippen molar-refractivity contribution >= 4 is 34.9 Å². The van der Waals surface area contributed by atoms with Crippen molar-refractivity contribution < 1.29 is 14.0 Å². The number of aromatic nitrogens is 1. The van der Waals surface area contributed by atoms with E-state index in [1.807, 2.05) is 45.0 Å². The van der Waals surface area contributed by atoms with Gasteiger partial charge in [-0.1, -0.05) is 41.9 Å². The van der Waals surface area contributed by atoms with Crippen LogP contribution in [0.25, 0.3) is 11.1 Å². The van der Waals surface area contributed by atoms with E-state index in [0.717, 1.165) is 22.3 Å². The number of halogens is 2. The number of nitrogens with one attached hydrogen (secondary N) is 2. The third-order valence-electron chi connectivity index (χ3n) is 5.77. The summed E-state index contributed by atoms with van der Waals surface area (Å²) in [6, 6.07) is 18.7. The third kappa shape index (κ3) is 5.39. The Balaban J connectivity index is 1.61. The molecule has 0 radical (unpaired) electrons. The number of nitrogens with zero attached hydrogens (tertiary/aromatic N) is 1. The van der Waals surface area contributed by atoms with Crippen LogP contribution in [-0.4, -0.2) is 16.8 Å². The van der Waals surface area contributed by atoms with E-state index in [9.17, 15) is 14.0 Å². The molecule has 1 aromatic heterocycles. The lowest BCUT2D eigenvalue weighted by Gasteiger charge is -2.15. The molecule has 0 saturated heterocycles. The van der Waals surface area contributed by atoms with Crippen LogP contribution in [0.3, 0.4) is 0 Å². The number of hydrogen-bond donors (Lipinski definition) is 2. The lowest BCUT2D eigenvalue weighted by Crippen LogP contribution is -2.20. The Morgan fingerprint density at radius 3 is 2.20 bits per heavy atom. The van der Waals surface area contributed by atoms with Crippen LogP contribution in [0.2, 0.25) is 5.02 Å². The number of carbonyl (C=O) groups excluding carboxylic acids is 2. The SMILES string of the molecule is Cc1cc(NC(=O)c2ccc(-c3ccccc3C)cc2F)c(C(=O)Nc2ccc(Cl)cn2)cc1C. The molecule has 3 aromatic carbocycles. The molecule has 0 unspecified atom stereocenters. The molecule has 0 fully saturated rings. The van der Waals surface area contributed by atoms with Gasteiger partial charge in [0.15, 0.2) is 0 Å². The summed E-state index contributed by atoms with van der Waals surface area (Å²) in [5, 5.41) is 5.84. The molecule has 0 aliphatic heterocycles. The zero-order valence-corrected chi connectivity index (χ0v) is 20.2. The van der Waals surface area contributed by atoms with E-state index in [1.165, 1.54) is 18.3 Å². The Morgan fingerprint density at radius 2 is 1.51 bits per heavy atom. The predicted molar refractivity (Wildman–Crippen MR) is 138 cm³/mol. The lowest BCUT2D eigenvalue weighted by molar-refractivity contribution is 0.102. The second-order valence-corrected chi connectivity index (χ2v) is 8.70. The second kappa shape index (κ2) is 10.1. The van der Waals surface area contributed by atoms with Gasteiger partial charge < -0.3 is 10.6 Å². The Morgan fingerprint density at radius 1 is 0.800 bits per heavy atom. The summed E-state index contributed by atoms with van der Waals surface area (Å²) in [6.07, 6.45) is 1.42. The highest BCUT2D eigenvalue weighted by Gasteiger charge is 2.19. The maximum atomic E-state index is 15.0. The minimum absolute atomic E-state index is 0.119. The highest BCUT2D eigenvalue weighted by molar-refractivity contribution is 6.30. The van der Waals surface area contributed by atoms with Gasteiger partial charge in [-0.05, 0) is 85.0 Å². The van der Waals surface area contributed by atoms with Crippen LogP contribution in [-0.2, 0) is 0 Å². The highest BCUT2D eigenvalue weighted by Crippen LogP contribution is 2.27. The van der Waals surface area contributed by atoms with Crippen LogP contribution < -0.4 is 10.6 Å². The first-order valence-corrected chi connectivity index (χ1v) is 11.3. The van der Waals surface area contributed by atoms with Crippen LogP contribution in [0.5, 0.6) is 0 Å². The Hall–Kier alpha value is -4.03. The number of rotatable bonds is 5. The van der Waals surface area contributed by atoms with Gasteiger partial charge in [-0.2, -0.15) is 0 Å². The van der Waals surface area contributed by atoms with Gasteiger partial charge in [0.25, 0.3) is 11.8 Å². The fourth-order valence-corrected chi connectivity index (χ4v) is 3.81. The Kier molecular flexibility index (Phi) is 6.94. The first-order chi connectivity index (χ1) is 16.7. The van der Waals surface area contributed by atoms with Gasteiger partial charge in [0.2, 0.25) is 0 Å². The number of anilines is 2. The van der Waals surface area contributed by atoms with Gasteiger partial charge >= 0.3 is 0 Å². The van der Waals surface area contributed by atoms with E-state index >= 15 is 0 Å². The largest absolute Gasteiger partial charge is 0.321 e. The molecule has 2 N–H and O–H groups in total. The van der Waals surface area contributed by atoms with Crippen molar-refractivity contribution in [3.63, 3.8) is 0 Å². The molecular formula is C28H23ClFN3O2. The van der Waals surface area contributed by atoms with Gasteiger partial charge in [-0.25, -0.2) is 9.37 Å². The van der Waals surface area contributed by atoms with Crippen molar-refractivity contribution in [1.29, 1.82) is 0 Å². The molecule has 1 heterocycles. The van der Waals surface area contributed by atoms with E-state index in [0.29, 0.717) is 16.4 Å². The smallest absolute Gasteiger partial charge is 0.258 e. The molecule has 0 atom stereocenters. The van der Waals surface area contributed by atoms with Crippen molar-refractivity contribution in [1.82, 2.24) is 4.98 Å². The van der Waals surface area contributed by atoms with E-state index in [2.05, 4.69) is 15.6 Å². The number of amides is 2. The lowest BCUT2D eigenvalue weighted by atomic mass is 9.99. The number of carbonyl (C=O) groups is 2. The van der Waals surface area contributed by atoms with Gasteiger partial charge in [0.1, 0.15) is 11.6 Å². The molecule has 5 nitrogen and oxygen atoms in total. The second-order valence-electron chi connectivity index (χ2n) is 8.26. The third-order valence-corrected chi connectivity index (χ3v) is 5.99. The number of aryl methyl sites for hydroxylation is 3. The Labute approximate surface area is 208 Å². The summed E-state index contributed by atoms with van der Waals surface area (Å²) in [5.74, 6) is -1.45. The molecular weight excluding hydrogens is 465 g/mol. The number of hydrogen-bond acceptors (Lipinski definition) is 3. The van der Waals surface area contributed by atoms with Gasteiger partial charge in [0.05, 0.1) is 21.8 Å². The molecule has 0 spiro atoms. The molecule has 0 aliphatic carbocycles. The molecule has 0 bridgehead atoms. The van der Waals surface area contributed by atoms with Crippen LogP contribution in [0, 0.1) is 26.6 Å². The zero-order valence-electron chi connectivity index (χ0n) is 19.4. The minimum atomic E-state index is -0.652. The van der Waals surface area contributed by atoms with Crippen LogP contribution >= 0.6 is 11.6 Å².